The van der Waals surface area contributed by atoms with E-state index in [0.717, 1.165) is 0 Å². The predicted octanol–water partition coefficient (Wildman–Crippen LogP) is -1.05. The molecule has 0 saturated carbocycles. The van der Waals surface area contributed by atoms with E-state index in [4.69, 9.17) is 15.6 Å². The van der Waals surface area contributed by atoms with Crippen molar-refractivity contribution in [2.45, 2.75) is 38.2 Å². The van der Waals surface area contributed by atoms with Crippen molar-refractivity contribution < 1.29 is 14.9 Å². The van der Waals surface area contributed by atoms with Crippen LogP contribution in [0.3, 0.4) is 0 Å². The Morgan fingerprint density at radius 1 is 1.72 bits per heavy atom. The van der Waals surface area contributed by atoms with E-state index >= 15 is 0 Å². The second-order valence-corrected chi connectivity index (χ2v) is 4.75. The minimum Gasteiger partial charge on any atom is -0.394 e. The van der Waals surface area contributed by atoms with E-state index in [0.29, 0.717) is 5.56 Å². The zero-order valence-electron chi connectivity index (χ0n) is 10.3. The summed E-state index contributed by atoms with van der Waals surface area (Å²) in [7, 11) is 0. The molecular weight excluding hydrogens is 238 g/mol. The Labute approximate surface area is 104 Å². The molecule has 2 rings (SSSR count). The minimum atomic E-state index is -1.02. The van der Waals surface area contributed by atoms with Gasteiger partial charge >= 0.3 is 5.69 Å². The topological polar surface area (TPSA) is 111 Å². The van der Waals surface area contributed by atoms with E-state index in [1.165, 1.54) is 4.57 Å². The summed E-state index contributed by atoms with van der Waals surface area (Å²) in [6, 6.07) is 0. The summed E-state index contributed by atoms with van der Waals surface area (Å²) in [6.07, 6.45) is 0.254. The Morgan fingerprint density at radius 3 is 2.94 bits per heavy atom. The monoisotopic (exact) mass is 255 g/mol. The van der Waals surface area contributed by atoms with Gasteiger partial charge in [0.25, 0.3) is 0 Å². The van der Waals surface area contributed by atoms with Gasteiger partial charge < -0.3 is 20.7 Å². The van der Waals surface area contributed by atoms with Crippen LogP contribution in [0.5, 0.6) is 0 Å². The molecule has 0 radical (unpaired) electrons. The Bertz CT molecular complexity index is 516. The summed E-state index contributed by atoms with van der Waals surface area (Å²) < 4.78 is 6.86. The second kappa shape index (κ2) is 4.34. The molecule has 4 N–H and O–H groups in total. The molecule has 18 heavy (non-hydrogen) atoms. The molecule has 100 valence electrons. The zero-order chi connectivity index (χ0) is 13.5. The lowest BCUT2D eigenvalue weighted by atomic mass is 10.1. The van der Waals surface area contributed by atoms with E-state index in [9.17, 15) is 9.90 Å². The first kappa shape index (κ1) is 13.0. The van der Waals surface area contributed by atoms with Gasteiger partial charge in [-0.3, -0.25) is 4.57 Å². The number of aliphatic hydroxyl groups excluding tert-OH is 2. The predicted molar refractivity (Wildman–Crippen MR) is 63.9 cm³/mol. The number of aryl methyl sites for hydroxylation is 1. The molecule has 7 nitrogen and oxygen atoms in total. The van der Waals surface area contributed by atoms with Crippen molar-refractivity contribution in [3.8, 4) is 0 Å². The number of rotatable bonds is 2. The third-order valence-corrected chi connectivity index (χ3v) is 3.26. The fraction of sp³-hybridized carbons (Fsp3) is 0.636. The smallest absolute Gasteiger partial charge is 0.351 e. The highest BCUT2D eigenvalue weighted by atomic mass is 16.6. The van der Waals surface area contributed by atoms with Gasteiger partial charge in [0.05, 0.1) is 12.7 Å². The second-order valence-electron chi connectivity index (χ2n) is 4.75. The fourth-order valence-corrected chi connectivity index (χ4v) is 2.19. The fourth-order valence-electron chi connectivity index (χ4n) is 2.19. The molecule has 0 aromatic carbocycles. The number of nitrogen functional groups attached to an aromatic ring is 1. The first-order chi connectivity index (χ1) is 8.37. The number of nitrogens with two attached hydrogens (primary N) is 1. The first-order valence-corrected chi connectivity index (χ1v) is 5.70. The highest BCUT2D eigenvalue weighted by Gasteiger charge is 2.44. The number of aromatic nitrogens is 2. The van der Waals surface area contributed by atoms with Crippen molar-refractivity contribution >= 4 is 5.82 Å². The quantitative estimate of drug-likeness (QED) is 0.622. The van der Waals surface area contributed by atoms with Crippen LogP contribution >= 0.6 is 0 Å². The third kappa shape index (κ3) is 2.00. The van der Waals surface area contributed by atoms with Crippen LogP contribution in [0.4, 0.5) is 5.82 Å². The molecular formula is C11H17N3O4. The van der Waals surface area contributed by atoms with Gasteiger partial charge in [0.2, 0.25) is 0 Å². The maximum Gasteiger partial charge on any atom is 0.351 e. The first-order valence-electron chi connectivity index (χ1n) is 5.70. The molecule has 1 saturated heterocycles. The minimum absolute atomic E-state index is 0.178. The SMILES string of the molecule is Cc1cn([C@@]2(C)C[C@H](O)[C@@H](CO)O2)c(=O)nc1N. The van der Waals surface area contributed by atoms with E-state index < -0.39 is 23.6 Å². The lowest BCUT2D eigenvalue weighted by Crippen LogP contribution is -2.40. The maximum atomic E-state index is 11.8. The van der Waals surface area contributed by atoms with E-state index in [1.54, 1.807) is 20.0 Å². The number of nitrogens with zero attached hydrogens (tertiary/aromatic N) is 2. The normalized spacial score (nSPS) is 31.8. The van der Waals surface area contributed by atoms with Crippen molar-refractivity contribution in [1.29, 1.82) is 0 Å². The average Bonchev–Trinajstić information content (AvgIpc) is 2.59. The van der Waals surface area contributed by atoms with Crippen molar-refractivity contribution in [3.05, 3.63) is 22.2 Å². The maximum absolute atomic E-state index is 11.8. The van der Waals surface area contributed by atoms with Crippen molar-refractivity contribution in [2.75, 3.05) is 12.3 Å². The highest BCUT2D eigenvalue weighted by molar-refractivity contribution is 5.35. The van der Waals surface area contributed by atoms with Crippen molar-refractivity contribution in [2.24, 2.45) is 0 Å². The van der Waals surface area contributed by atoms with Crippen molar-refractivity contribution in [3.63, 3.8) is 0 Å². The molecule has 1 aliphatic heterocycles. The van der Waals surface area contributed by atoms with E-state index in [1.807, 2.05) is 0 Å². The summed E-state index contributed by atoms with van der Waals surface area (Å²) in [4.78, 5) is 15.5. The van der Waals surface area contributed by atoms with Crippen LogP contribution in [-0.2, 0) is 10.5 Å². The van der Waals surface area contributed by atoms with Crippen LogP contribution in [0.2, 0.25) is 0 Å². The average molecular weight is 255 g/mol. The van der Waals surface area contributed by atoms with Gasteiger partial charge in [0.1, 0.15) is 17.6 Å². The zero-order valence-corrected chi connectivity index (χ0v) is 10.3. The molecule has 0 amide bonds. The van der Waals surface area contributed by atoms with Crippen LogP contribution < -0.4 is 11.4 Å². The van der Waals surface area contributed by atoms with Crippen LogP contribution in [-0.4, -0.2) is 38.6 Å². The summed E-state index contributed by atoms with van der Waals surface area (Å²) in [6.45, 7) is 3.11. The van der Waals surface area contributed by atoms with Gasteiger partial charge in [-0.1, -0.05) is 0 Å². The Balaban J connectivity index is 2.43. The van der Waals surface area contributed by atoms with Crippen LogP contribution in [0.15, 0.2) is 11.0 Å². The van der Waals surface area contributed by atoms with Gasteiger partial charge in [-0.15, -0.1) is 0 Å². The highest BCUT2D eigenvalue weighted by Crippen LogP contribution is 2.33. The van der Waals surface area contributed by atoms with Gasteiger partial charge in [0, 0.05) is 18.2 Å². The molecule has 2 heterocycles. The number of hydrogen-bond donors (Lipinski definition) is 3. The molecule has 0 bridgehead atoms. The largest absolute Gasteiger partial charge is 0.394 e. The molecule has 0 spiro atoms. The lowest BCUT2D eigenvalue weighted by molar-refractivity contribution is -0.107. The molecule has 3 atom stereocenters. The molecule has 1 aromatic heterocycles. The number of anilines is 1. The van der Waals surface area contributed by atoms with Gasteiger partial charge in [0.15, 0.2) is 0 Å². The Hall–Kier alpha value is -1.44. The summed E-state index contributed by atoms with van der Waals surface area (Å²) in [5, 5.41) is 18.8. The third-order valence-electron chi connectivity index (χ3n) is 3.26. The summed E-state index contributed by atoms with van der Waals surface area (Å²) >= 11 is 0. The Kier molecular flexibility index (Phi) is 3.14. The van der Waals surface area contributed by atoms with Crippen molar-refractivity contribution in [1.82, 2.24) is 9.55 Å². The standard InChI is InChI=1S/C11H17N3O4/c1-6-4-14(10(17)13-9(6)12)11(2)3-7(16)8(5-15)18-11/h4,7-8,15-16H,3,5H2,1-2H3,(H2,12,13,17)/t7-,8+,11+/m0/s1. The molecule has 7 heteroatoms. The lowest BCUT2D eigenvalue weighted by Gasteiger charge is -2.26. The number of ether oxygens (including phenoxy) is 1. The number of hydrogen-bond acceptors (Lipinski definition) is 6. The summed E-state index contributed by atoms with van der Waals surface area (Å²) in [5.41, 5.74) is 4.66. The Morgan fingerprint density at radius 2 is 2.39 bits per heavy atom. The van der Waals surface area contributed by atoms with Gasteiger partial charge in [-0.2, -0.15) is 4.98 Å². The molecule has 0 aliphatic carbocycles. The van der Waals surface area contributed by atoms with Gasteiger partial charge in [-0.05, 0) is 13.8 Å². The summed E-state index contributed by atoms with van der Waals surface area (Å²) in [5.74, 6) is 0.178. The number of aliphatic hydroxyl groups is 2. The van der Waals surface area contributed by atoms with E-state index in [2.05, 4.69) is 4.98 Å². The van der Waals surface area contributed by atoms with E-state index in [-0.39, 0.29) is 18.8 Å². The van der Waals surface area contributed by atoms with Crippen LogP contribution in [0, 0.1) is 6.92 Å². The molecule has 1 aromatic rings. The van der Waals surface area contributed by atoms with Crippen LogP contribution in [0.1, 0.15) is 18.9 Å². The molecule has 1 aliphatic rings. The van der Waals surface area contributed by atoms with Gasteiger partial charge in [-0.25, -0.2) is 4.79 Å². The van der Waals surface area contributed by atoms with Crippen LogP contribution in [0.25, 0.3) is 0 Å². The molecule has 1 fully saturated rings. The molecule has 0 unspecified atom stereocenters.